The summed E-state index contributed by atoms with van der Waals surface area (Å²) < 4.78 is 1.79. The normalized spacial score (nSPS) is 18.7. The number of hydrogen-bond donors (Lipinski definition) is 1. The van der Waals surface area contributed by atoms with E-state index in [1.165, 1.54) is 6.42 Å². The molecule has 6 nitrogen and oxygen atoms in total. The van der Waals surface area contributed by atoms with Crippen LogP contribution in [0.2, 0.25) is 0 Å². The molecule has 1 aromatic heterocycles. The van der Waals surface area contributed by atoms with Gasteiger partial charge in [-0.1, -0.05) is 25.1 Å². The van der Waals surface area contributed by atoms with Crippen LogP contribution in [0.5, 0.6) is 0 Å². The van der Waals surface area contributed by atoms with Gasteiger partial charge in [0.15, 0.2) is 0 Å². The van der Waals surface area contributed by atoms with Crippen LogP contribution in [-0.2, 0) is 6.42 Å². The summed E-state index contributed by atoms with van der Waals surface area (Å²) in [5, 5.41) is 7.98. The van der Waals surface area contributed by atoms with Crippen LogP contribution in [0.4, 0.5) is 0 Å². The number of amides is 1. The highest BCUT2D eigenvalue weighted by Crippen LogP contribution is 2.37. The van der Waals surface area contributed by atoms with Crippen molar-refractivity contribution >= 4 is 18.3 Å². The predicted molar refractivity (Wildman–Crippen MR) is 103 cm³/mol. The Hall–Kier alpha value is -1.92. The molecule has 0 bridgehead atoms. The number of nitrogens with zero attached hydrogens (tertiary/aromatic N) is 4. The lowest BCUT2D eigenvalue weighted by atomic mass is 9.78. The summed E-state index contributed by atoms with van der Waals surface area (Å²) in [5.74, 6) is 1.11. The second-order valence-electron chi connectivity index (χ2n) is 7.17. The number of benzene rings is 1. The van der Waals surface area contributed by atoms with Crippen LogP contribution in [0.1, 0.15) is 42.6 Å². The highest BCUT2D eigenvalue weighted by Gasteiger charge is 2.38. The molecule has 7 heteroatoms. The summed E-state index contributed by atoms with van der Waals surface area (Å²) in [6.07, 6.45) is 4.12. The molecule has 26 heavy (non-hydrogen) atoms. The number of halogens is 1. The van der Waals surface area contributed by atoms with Gasteiger partial charge in [0.05, 0.1) is 5.69 Å². The van der Waals surface area contributed by atoms with E-state index in [4.69, 9.17) is 0 Å². The van der Waals surface area contributed by atoms with Crippen molar-refractivity contribution in [3.05, 3.63) is 42.0 Å². The number of nitrogens with one attached hydrogen (secondary N) is 1. The minimum absolute atomic E-state index is 0. The van der Waals surface area contributed by atoms with Gasteiger partial charge in [-0.3, -0.25) is 4.79 Å². The quantitative estimate of drug-likeness (QED) is 0.895. The Balaban J connectivity index is 0.00000196. The number of carbonyl (C=O) groups excluding carboxylic acids is 1. The largest absolute Gasteiger partial charge is 0.336 e. The molecule has 140 valence electrons. The van der Waals surface area contributed by atoms with Crippen molar-refractivity contribution in [1.82, 2.24) is 25.0 Å². The van der Waals surface area contributed by atoms with E-state index >= 15 is 0 Å². The summed E-state index contributed by atoms with van der Waals surface area (Å²) in [5.41, 5.74) is 1.35. The predicted octanol–water partition coefficient (Wildman–Crippen LogP) is 2.47. The van der Waals surface area contributed by atoms with Crippen LogP contribution >= 0.6 is 12.4 Å². The zero-order valence-electron chi connectivity index (χ0n) is 15.1. The first kappa shape index (κ1) is 18.9. The molecule has 2 aliphatic heterocycles. The van der Waals surface area contributed by atoms with E-state index in [0.717, 1.165) is 57.0 Å². The lowest BCUT2D eigenvalue weighted by Crippen LogP contribution is -2.44. The van der Waals surface area contributed by atoms with Gasteiger partial charge in [0.1, 0.15) is 5.82 Å². The molecule has 2 saturated heterocycles. The Morgan fingerprint density at radius 3 is 2.54 bits per heavy atom. The summed E-state index contributed by atoms with van der Waals surface area (Å²) >= 11 is 0. The zero-order valence-corrected chi connectivity index (χ0v) is 16.0. The third-order valence-electron chi connectivity index (χ3n) is 5.63. The zero-order chi connectivity index (χ0) is 17.3. The smallest absolute Gasteiger partial charge is 0.293 e. The number of hydrogen-bond acceptors (Lipinski definition) is 4. The molecule has 0 radical (unpaired) electrons. The minimum Gasteiger partial charge on any atom is -0.336 e. The standard InChI is InChI=1S/C19H25N5O.ClH/c1-2-16-21-17(22-24(16)15-6-4-3-5-7-15)18(25)23-12-9-19(10-13-23)8-11-20-14-19;/h3-7,20H,2,8-14H2,1H3;1H. The fourth-order valence-corrected chi connectivity index (χ4v) is 3.99. The number of aromatic nitrogens is 3. The van der Waals surface area contributed by atoms with Crippen molar-refractivity contribution in [2.24, 2.45) is 5.41 Å². The molecule has 0 atom stereocenters. The fourth-order valence-electron chi connectivity index (χ4n) is 3.99. The van der Waals surface area contributed by atoms with Crippen LogP contribution in [-0.4, -0.2) is 51.8 Å². The molecule has 3 heterocycles. The summed E-state index contributed by atoms with van der Waals surface area (Å²) in [6, 6.07) is 9.88. The van der Waals surface area contributed by atoms with E-state index in [1.54, 1.807) is 4.68 Å². The topological polar surface area (TPSA) is 63.1 Å². The van der Waals surface area contributed by atoms with E-state index in [9.17, 15) is 4.79 Å². The molecule has 2 aliphatic rings. The van der Waals surface area contributed by atoms with Crippen LogP contribution in [0, 0.1) is 5.41 Å². The van der Waals surface area contributed by atoms with Crippen LogP contribution in [0.25, 0.3) is 5.69 Å². The molecule has 2 aromatic rings. The van der Waals surface area contributed by atoms with Gasteiger partial charge < -0.3 is 10.2 Å². The third kappa shape index (κ3) is 3.48. The molecule has 0 unspecified atom stereocenters. The molecule has 2 fully saturated rings. The number of rotatable bonds is 3. The number of likely N-dealkylation sites (tertiary alicyclic amines) is 1. The lowest BCUT2D eigenvalue weighted by molar-refractivity contribution is 0.0596. The fraction of sp³-hybridized carbons (Fsp3) is 0.526. The van der Waals surface area contributed by atoms with E-state index in [-0.39, 0.29) is 18.3 Å². The van der Waals surface area contributed by atoms with Gasteiger partial charge in [0.2, 0.25) is 5.82 Å². The van der Waals surface area contributed by atoms with Crippen molar-refractivity contribution in [2.45, 2.75) is 32.6 Å². The van der Waals surface area contributed by atoms with Crippen molar-refractivity contribution < 1.29 is 4.79 Å². The Labute approximate surface area is 160 Å². The molecule has 1 spiro atoms. The van der Waals surface area contributed by atoms with Gasteiger partial charge in [-0.15, -0.1) is 17.5 Å². The van der Waals surface area contributed by atoms with Crippen LogP contribution in [0.15, 0.2) is 30.3 Å². The SMILES string of the molecule is CCc1nc(C(=O)N2CCC3(CCNC3)CC2)nn1-c1ccccc1.Cl. The van der Waals surface area contributed by atoms with Crippen molar-refractivity contribution in [1.29, 1.82) is 0 Å². The highest BCUT2D eigenvalue weighted by molar-refractivity contribution is 5.90. The summed E-state index contributed by atoms with van der Waals surface area (Å²) in [7, 11) is 0. The molecule has 0 aliphatic carbocycles. The number of para-hydroxylation sites is 1. The van der Waals surface area contributed by atoms with Crippen molar-refractivity contribution in [2.75, 3.05) is 26.2 Å². The van der Waals surface area contributed by atoms with E-state index in [1.807, 2.05) is 42.2 Å². The maximum absolute atomic E-state index is 12.9. The van der Waals surface area contributed by atoms with Crippen molar-refractivity contribution in [3.63, 3.8) is 0 Å². The van der Waals surface area contributed by atoms with Gasteiger partial charge in [-0.2, -0.15) is 0 Å². The number of aryl methyl sites for hydroxylation is 1. The molecule has 4 rings (SSSR count). The maximum Gasteiger partial charge on any atom is 0.293 e. The Bertz CT molecular complexity index is 745. The van der Waals surface area contributed by atoms with Gasteiger partial charge in [0.25, 0.3) is 5.91 Å². The van der Waals surface area contributed by atoms with Crippen LogP contribution in [0.3, 0.4) is 0 Å². The Morgan fingerprint density at radius 1 is 1.19 bits per heavy atom. The molecular weight excluding hydrogens is 350 g/mol. The monoisotopic (exact) mass is 375 g/mol. The second kappa shape index (κ2) is 7.76. The van der Waals surface area contributed by atoms with E-state index in [2.05, 4.69) is 15.4 Å². The second-order valence-corrected chi connectivity index (χ2v) is 7.17. The lowest BCUT2D eigenvalue weighted by Gasteiger charge is -2.38. The molecule has 1 amide bonds. The van der Waals surface area contributed by atoms with E-state index in [0.29, 0.717) is 11.2 Å². The van der Waals surface area contributed by atoms with Crippen molar-refractivity contribution in [3.8, 4) is 5.69 Å². The number of piperidine rings is 1. The molecule has 0 saturated carbocycles. The summed E-state index contributed by atoms with van der Waals surface area (Å²) in [4.78, 5) is 19.3. The maximum atomic E-state index is 12.9. The minimum atomic E-state index is -0.0369. The Morgan fingerprint density at radius 2 is 1.92 bits per heavy atom. The highest BCUT2D eigenvalue weighted by atomic mass is 35.5. The number of carbonyl (C=O) groups is 1. The van der Waals surface area contributed by atoms with Gasteiger partial charge in [-0.05, 0) is 43.4 Å². The van der Waals surface area contributed by atoms with Crippen LogP contribution < -0.4 is 5.32 Å². The van der Waals surface area contributed by atoms with Gasteiger partial charge in [0, 0.05) is 26.1 Å². The average molecular weight is 376 g/mol. The molecule has 1 N–H and O–H groups in total. The first-order valence-electron chi connectivity index (χ1n) is 9.22. The first-order chi connectivity index (χ1) is 12.2. The van der Waals surface area contributed by atoms with E-state index < -0.39 is 0 Å². The summed E-state index contributed by atoms with van der Waals surface area (Å²) in [6.45, 7) is 5.85. The first-order valence-corrected chi connectivity index (χ1v) is 9.22. The molecule has 1 aromatic carbocycles. The van der Waals surface area contributed by atoms with Gasteiger partial charge in [-0.25, -0.2) is 9.67 Å². The third-order valence-corrected chi connectivity index (χ3v) is 5.63. The Kier molecular flexibility index (Phi) is 5.63. The molecular formula is C19H26ClN5O. The van der Waals surface area contributed by atoms with Gasteiger partial charge >= 0.3 is 0 Å². The average Bonchev–Trinajstić information content (AvgIpc) is 3.30.